The molecule has 1 amide bonds. The standard InChI is InChI=1S/C27H34N4O4/c1-4-35-27(32)31-14-12-30(13-15-31)26-22(19-28-11-10-20-8-6-5-7-9-20)16-21-17-24(33-2)25(34-3)18-23(21)29-26/h5-9,16-18,28H,4,10-15,19H2,1-3H3. The molecule has 0 spiro atoms. The summed E-state index contributed by atoms with van der Waals surface area (Å²) in [5, 5.41) is 4.58. The van der Waals surface area contributed by atoms with E-state index >= 15 is 0 Å². The number of carbonyl (C=O) groups is 1. The number of anilines is 1. The third-order valence-electron chi connectivity index (χ3n) is 6.23. The molecule has 2 heterocycles. The van der Waals surface area contributed by atoms with E-state index in [2.05, 4.69) is 40.5 Å². The number of hydrogen-bond acceptors (Lipinski definition) is 7. The molecule has 8 heteroatoms. The maximum Gasteiger partial charge on any atom is 0.409 e. The van der Waals surface area contributed by atoms with Crippen LogP contribution in [0.5, 0.6) is 11.5 Å². The van der Waals surface area contributed by atoms with Crippen LogP contribution in [0.2, 0.25) is 0 Å². The number of hydrogen-bond donors (Lipinski definition) is 1. The average molecular weight is 479 g/mol. The number of aromatic nitrogens is 1. The van der Waals surface area contributed by atoms with Crippen molar-refractivity contribution in [3.05, 3.63) is 59.7 Å². The van der Waals surface area contributed by atoms with Gasteiger partial charge in [0.05, 0.1) is 26.3 Å². The van der Waals surface area contributed by atoms with Gasteiger partial charge in [0.1, 0.15) is 5.82 Å². The highest BCUT2D eigenvalue weighted by Gasteiger charge is 2.24. The Hall–Kier alpha value is -3.52. The van der Waals surface area contributed by atoms with Crippen molar-refractivity contribution >= 4 is 22.8 Å². The first-order valence-corrected chi connectivity index (χ1v) is 12.1. The van der Waals surface area contributed by atoms with E-state index in [1.165, 1.54) is 5.56 Å². The predicted octanol–water partition coefficient (Wildman–Crippen LogP) is 3.86. The van der Waals surface area contributed by atoms with Gasteiger partial charge in [-0.2, -0.15) is 0 Å². The van der Waals surface area contributed by atoms with E-state index in [9.17, 15) is 4.79 Å². The van der Waals surface area contributed by atoms with Gasteiger partial charge in [-0.3, -0.25) is 0 Å². The zero-order chi connectivity index (χ0) is 24.6. The second-order valence-electron chi connectivity index (χ2n) is 8.46. The minimum absolute atomic E-state index is 0.252. The molecule has 1 aliphatic heterocycles. The Morgan fingerprint density at radius 1 is 1.00 bits per heavy atom. The topological polar surface area (TPSA) is 76.2 Å². The highest BCUT2D eigenvalue weighted by Crippen LogP contribution is 2.34. The molecule has 0 aliphatic carbocycles. The Balaban J connectivity index is 1.56. The van der Waals surface area contributed by atoms with Gasteiger partial charge < -0.3 is 29.3 Å². The SMILES string of the molecule is CCOC(=O)N1CCN(c2nc3cc(OC)c(OC)cc3cc2CNCCc2ccccc2)CC1. The molecule has 1 fully saturated rings. The van der Waals surface area contributed by atoms with Crippen molar-refractivity contribution in [3.63, 3.8) is 0 Å². The minimum atomic E-state index is -0.252. The molecule has 186 valence electrons. The van der Waals surface area contributed by atoms with Crippen LogP contribution in [0, 0.1) is 0 Å². The lowest BCUT2D eigenvalue weighted by molar-refractivity contribution is 0.105. The maximum absolute atomic E-state index is 12.1. The number of benzene rings is 2. The molecule has 8 nitrogen and oxygen atoms in total. The van der Waals surface area contributed by atoms with Gasteiger partial charge in [-0.05, 0) is 37.6 Å². The van der Waals surface area contributed by atoms with Gasteiger partial charge >= 0.3 is 6.09 Å². The number of carbonyl (C=O) groups excluding carboxylic acids is 1. The lowest BCUT2D eigenvalue weighted by Crippen LogP contribution is -2.49. The summed E-state index contributed by atoms with van der Waals surface area (Å²) < 4.78 is 16.2. The highest BCUT2D eigenvalue weighted by molar-refractivity contribution is 5.85. The summed E-state index contributed by atoms with van der Waals surface area (Å²) in [6, 6.07) is 16.5. The van der Waals surface area contributed by atoms with Crippen LogP contribution in [-0.4, -0.2) is 69.5 Å². The van der Waals surface area contributed by atoms with Gasteiger partial charge in [-0.25, -0.2) is 9.78 Å². The van der Waals surface area contributed by atoms with E-state index in [4.69, 9.17) is 19.2 Å². The van der Waals surface area contributed by atoms with Crippen LogP contribution in [0.4, 0.5) is 10.6 Å². The molecule has 0 bridgehead atoms. The smallest absolute Gasteiger partial charge is 0.409 e. The van der Waals surface area contributed by atoms with Gasteiger partial charge in [0.2, 0.25) is 0 Å². The largest absolute Gasteiger partial charge is 0.493 e. The van der Waals surface area contributed by atoms with E-state index in [0.29, 0.717) is 50.8 Å². The molecule has 4 rings (SSSR count). The Kier molecular flexibility index (Phi) is 8.26. The number of rotatable bonds is 9. The molecule has 0 atom stereocenters. The van der Waals surface area contributed by atoms with Crippen molar-refractivity contribution in [3.8, 4) is 11.5 Å². The van der Waals surface area contributed by atoms with Crippen molar-refractivity contribution in [1.82, 2.24) is 15.2 Å². The number of nitrogens with zero attached hydrogens (tertiary/aromatic N) is 3. The van der Waals surface area contributed by atoms with E-state index in [1.54, 1.807) is 19.1 Å². The normalized spacial score (nSPS) is 13.7. The highest BCUT2D eigenvalue weighted by atomic mass is 16.6. The first-order valence-electron chi connectivity index (χ1n) is 12.1. The van der Waals surface area contributed by atoms with E-state index in [-0.39, 0.29) is 6.09 Å². The summed E-state index contributed by atoms with van der Waals surface area (Å²) >= 11 is 0. The average Bonchev–Trinajstić information content (AvgIpc) is 2.90. The molecule has 1 aliphatic rings. The summed E-state index contributed by atoms with van der Waals surface area (Å²) in [6.07, 6.45) is 0.707. The van der Waals surface area contributed by atoms with Crippen molar-refractivity contribution in [2.45, 2.75) is 19.9 Å². The van der Waals surface area contributed by atoms with Crippen molar-refractivity contribution < 1.29 is 19.0 Å². The first kappa shape index (κ1) is 24.6. The number of amides is 1. The number of methoxy groups -OCH3 is 2. The van der Waals surface area contributed by atoms with E-state index < -0.39 is 0 Å². The minimum Gasteiger partial charge on any atom is -0.493 e. The molecule has 0 unspecified atom stereocenters. The third-order valence-corrected chi connectivity index (χ3v) is 6.23. The fourth-order valence-corrected chi connectivity index (χ4v) is 4.35. The fraction of sp³-hybridized carbons (Fsp3) is 0.407. The van der Waals surface area contributed by atoms with Crippen LogP contribution in [0.3, 0.4) is 0 Å². The number of piperazine rings is 1. The summed E-state index contributed by atoms with van der Waals surface area (Å²) in [6.45, 7) is 6.37. The summed E-state index contributed by atoms with van der Waals surface area (Å²) in [7, 11) is 3.27. The lowest BCUT2D eigenvalue weighted by Gasteiger charge is -2.35. The monoisotopic (exact) mass is 478 g/mol. The Morgan fingerprint density at radius 3 is 2.40 bits per heavy atom. The molecule has 1 saturated heterocycles. The number of nitrogens with one attached hydrogen (secondary N) is 1. The Bertz CT molecular complexity index is 1130. The van der Waals surface area contributed by atoms with Crippen LogP contribution in [-0.2, 0) is 17.7 Å². The Morgan fingerprint density at radius 2 is 1.71 bits per heavy atom. The second kappa shape index (κ2) is 11.8. The molecule has 1 N–H and O–H groups in total. The molecule has 0 saturated carbocycles. The van der Waals surface area contributed by atoms with Crippen molar-refractivity contribution in [2.24, 2.45) is 0 Å². The fourth-order valence-electron chi connectivity index (χ4n) is 4.35. The van der Waals surface area contributed by atoms with Gasteiger partial charge in [0.15, 0.2) is 11.5 Å². The van der Waals surface area contributed by atoms with Gasteiger partial charge in [0.25, 0.3) is 0 Å². The summed E-state index contributed by atoms with van der Waals surface area (Å²) in [4.78, 5) is 21.2. The van der Waals surface area contributed by atoms with Gasteiger partial charge in [0, 0.05) is 49.7 Å². The molecule has 1 aromatic heterocycles. The van der Waals surface area contributed by atoms with Gasteiger partial charge in [-0.15, -0.1) is 0 Å². The molecule has 35 heavy (non-hydrogen) atoms. The molecule has 3 aromatic rings. The zero-order valence-corrected chi connectivity index (χ0v) is 20.8. The molecule has 0 radical (unpaired) electrons. The van der Waals surface area contributed by atoms with E-state index in [1.807, 2.05) is 25.1 Å². The van der Waals surface area contributed by atoms with Crippen LogP contribution in [0.1, 0.15) is 18.1 Å². The van der Waals surface area contributed by atoms with Crippen molar-refractivity contribution in [1.29, 1.82) is 0 Å². The first-order chi connectivity index (χ1) is 17.1. The number of pyridine rings is 1. The van der Waals surface area contributed by atoms with Crippen LogP contribution >= 0.6 is 0 Å². The van der Waals surface area contributed by atoms with Crippen LogP contribution in [0.15, 0.2) is 48.5 Å². The molecular weight excluding hydrogens is 444 g/mol. The molecular formula is C27H34N4O4. The number of fused-ring (bicyclic) bond motifs is 1. The van der Waals surface area contributed by atoms with Crippen LogP contribution < -0.4 is 19.7 Å². The summed E-state index contributed by atoms with van der Waals surface area (Å²) in [5.41, 5.74) is 3.27. The lowest BCUT2D eigenvalue weighted by atomic mass is 10.1. The Labute approximate surface area is 206 Å². The van der Waals surface area contributed by atoms with E-state index in [0.717, 1.165) is 35.2 Å². The zero-order valence-electron chi connectivity index (χ0n) is 20.8. The quantitative estimate of drug-likeness (QED) is 0.468. The van der Waals surface area contributed by atoms with Crippen molar-refractivity contribution in [2.75, 3.05) is 58.5 Å². The van der Waals surface area contributed by atoms with Crippen LogP contribution in [0.25, 0.3) is 10.9 Å². The number of ether oxygens (including phenoxy) is 3. The predicted molar refractivity (Wildman–Crippen MR) is 138 cm³/mol. The maximum atomic E-state index is 12.1. The third kappa shape index (κ3) is 5.95. The van der Waals surface area contributed by atoms with Gasteiger partial charge in [-0.1, -0.05) is 30.3 Å². The summed E-state index contributed by atoms with van der Waals surface area (Å²) in [5.74, 6) is 2.26. The molecule has 2 aromatic carbocycles. The second-order valence-corrected chi connectivity index (χ2v) is 8.46.